The summed E-state index contributed by atoms with van der Waals surface area (Å²) >= 11 is 0. The molecule has 0 aliphatic carbocycles. The van der Waals surface area contributed by atoms with Gasteiger partial charge in [0.2, 0.25) is 0 Å². The number of benzene rings is 6. The van der Waals surface area contributed by atoms with Gasteiger partial charge in [0.25, 0.3) is 0 Å². The van der Waals surface area contributed by atoms with Gasteiger partial charge in [-0.15, -0.1) is 0 Å². The maximum Gasteiger partial charge on any atom is 0.164 e. The molecule has 0 unspecified atom stereocenters. The van der Waals surface area contributed by atoms with Crippen LogP contribution in [0.5, 0.6) is 0 Å². The third kappa shape index (κ3) is 4.41. The number of fused-ring (bicyclic) bond motifs is 5. The van der Waals surface area contributed by atoms with Gasteiger partial charge < -0.3 is 4.42 Å². The van der Waals surface area contributed by atoms with Crippen molar-refractivity contribution < 1.29 is 4.42 Å². The summed E-state index contributed by atoms with van der Waals surface area (Å²) in [6, 6.07) is 45.6. The van der Waals surface area contributed by atoms with Crippen molar-refractivity contribution in [1.82, 2.24) is 19.9 Å². The summed E-state index contributed by atoms with van der Waals surface area (Å²) in [5, 5.41) is 6.45. The number of hydrogen-bond acceptors (Lipinski definition) is 5. The van der Waals surface area contributed by atoms with E-state index in [0.717, 1.165) is 60.5 Å². The molecule has 0 fully saturated rings. The summed E-state index contributed by atoms with van der Waals surface area (Å²) in [7, 11) is 0. The van der Waals surface area contributed by atoms with Gasteiger partial charge >= 0.3 is 0 Å². The normalized spacial score (nSPS) is 11.6. The van der Waals surface area contributed by atoms with Crippen molar-refractivity contribution in [2.24, 2.45) is 0 Å². The minimum Gasteiger partial charge on any atom is -0.456 e. The molecule has 6 aromatic carbocycles. The Morgan fingerprint density at radius 2 is 1.09 bits per heavy atom. The number of hydrogen-bond donors (Lipinski definition) is 0. The smallest absolute Gasteiger partial charge is 0.164 e. The van der Waals surface area contributed by atoms with E-state index in [1.54, 1.807) is 6.20 Å². The molecule has 5 heteroatoms. The van der Waals surface area contributed by atoms with E-state index < -0.39 is 0 Å². The molecular formula is C40H24N4O. The molecule has 0 amide bonds. The predicted molar refractivity (Wildman–Crippen MR) is 182 cm³/mol. The fraction of sp³-hybridized carbons (Fsp3) is 0. The number of rotatable bonds is 4. The van der Waals surface area contributed by atoms with E-state index in [2.05, 4.69) is 71.7 Å². The van der Waals surface area contributed by atoms with Crippen molar-refractivity contribution >= 4 is 43.5 Å². The maximum atomic E-state index is 6.61. The van der Waals surface area contributed by atoms with Crippen LogP contribution in [-0.4, -0.2) is 19.9 Å². The molecule has 9 rings (SSSR count). The van der Waals surface area contributed by atoms with E-state index in [-0.39, 0.29) is 0 Å². The molecule has 0 atom stereocenters. The Labute approximate surface area is 258 Å². The SMILES string of the molecule is c1ccc(-c2nc(-c3ccccc3)nc(-c3cc(-c4ccc5ccccc5c4)cc4oc5cc6ccncc6cc5c34)n2)cc1. The van der Waals surface area contributed by atoms with Gasteiger partial charge in [-0.1, -0.05) is 97.1 Å². The highest BCUT2D eigenvalue weighted by Crippen LogP contribution is 2.41. The fourth-order valence-electron chi connectivity index (χ4n) is 6.13. The summed E-state index contributed by atoms with van der Waals surface area (Å²) in [4.78, 5) is 19.5. The Bertz CT molecular complexity index is 2480. The lowest BCUT2D eigenvalue weighted by Gasteiger charge is -2.11. The molecule has 0 saturated carbocycles. The zero-order valence-corrected chi connectivity index (χ0v) is 24.1. The van der Waals surface area contributed by atoms with Gasteiger partial charge in [-0.3, -0.25) is 4.98 Å². The van der Waals surface area contributed by atoms with Crippen LogP contribution in [0.2, 0.25) is 0 Å². The first-order valence-electron chi connectivity index (χ1n) is 14.9. The lowest BCUT2D eigenvalue weighted by Crippen LogP contribution is -2.00. The van der Waals surface area contributed by atoms with Crippen LogP contribution in [0.15, 0.2) is 150 Å². The van der Waals surface area contributed by atoms with Crippen molar-refractivity contribution in [3.8, 4) is 45.3 Å². The summed E-state index contributed by atoms with van der Waals surface area (Å²) < 4.78 is 6.61. The molecule has 0 spiro atoms. The average Bonchev–Trinajstić information content (AvgIpc) is 3.47. The molecule has 3 aromatic heterocycles. The summed E-state index contributed by atoms with van der Waals surface area (Å²) in [5.74, 6) is 1.82. The Morgan fingerprint density at radius 3 is 1.84 bits per heavy atom. The van der Waals surface area contributed by atoms with Gasteiger partial charge in [0, 0.05) is 45.2 Å². The molecule has 0 aliphatic rings. The largest absolute Gasteiger partial charge is 0.456 e. The quantitative estimate of drug-likeness (QED) is 0.209. The summed E-state index contributed by atoms with van der Waals surface area (Å²) in [5.41, 5.74) is 6.43. The number of nitrogens with zero attached hydrogens (tertiary/aromatic N) is 4. The van der Waals surface area contributed by atoms with Gasteiger partial charge in [-0.25, -0.2) is 15.0 Å². The molecule has 0 radical (unpaired) electrons. The maximum absolute atomic E-state index is 6.61. The van der Waals surface area contributed by atoms with Crippen LogP contribution in [0.1, 0.15) is 0 Å². The highest BCUT2D eigenvalue weighted by Gasteiger charge is 2.20. The lowest BCUT2D eigenvalue weighted by molar-refractivity contribution is 0.669. The molecule has 0 aliphatic heterocycles. The zero-order valence-electron chi connectivity index (χ0n) is 24.1. The van der Waals surface area contributed by atoms with Crippen molar-refractivity contribution in [3.63, 3.8) is 0 Å². The summed E-state index contributed by atoms with van der Waals surface area (Å²) in [6.07, 6.45) is 3.70. The second kappa shape index (κ2) is 10.2. The van der Waals surface area contributed by atoms with E-state index >= 15 is 0 Å². The van der Waals surface area contributed by atoms with Crippen molar-refractivity contribution in [1.29, 1.82) is 0 Å². The highest BCUT2D eigenvalue weighted by atomic mass is 16.3. The molecule has 210 valence electrons. The Kier molecular flexibility index (Phi) is 5.74. The fourth-order valence-corrected chi connectivity index (χ4v) is 6.13. The van der Waals surface area contributed by atoms with Crippen LogP contribution in [0.25, 0.3) is 88.8 Å². The highest BCUT2D eigenvalue weighted by molar-refractivity contribution is 6.16. The van der Waals surface area contributed by atoms with E-state index in [1.807, 2.05) is 72.9 Å². The third-order valence-corrected chi connectivity index (χ3v) is 8.35. The Balaban J connectivity index is 1.37. The van der Waals surface area contributed by atoms with Crippen LogP contribution in [0.4, 0.5) is 0 Å². The molecule has 45 heavy (non-hydrogen) atoms. The number of pyridine rings is 1. The van der Waals surface area contributed by atoms with Crippen molar-refractivity contribution in [3.05, 3.63) is 146 Å². The predicted octanol–water partition coefficient (Wildman–Crippen LogP) is 10.1. The first-order chi connectivity index (χ1) is 22.3. The van der Waals surface area contributed by atoms with Crippen molar-refractivity contribution in [2.75, 3.05) is 0 Å². The number of aromatic nitrogens is 4. The Morgan fingerprint density at radius 1 is 0.422 bits per heavy atom. The Hall–Kier alpha value is -6.20. The minimum atomic E-state index is 0.587. The summed E-state index contributed by atoms with van der Waals surface area (Å²) in [6.45, 7) is 0. The first-order valence-corrected chi connectivity index (χ1v) is 14.9. The van der Waals surface area contributed by atoms with Gasteiger partial charge in [0.05, 0.1) is 0 Å². The molecule has 9 aromatic rings. The molecule has 0 bridgehead atoms. The van der Waals surface area contributed by atoms with E-state index in [4.69, 9.17) is 19.4 Å². The van der Waals surface area contributed by atoms with Gasteiger partial charge in [0.1, 0.15) is 11.2 Å². The molecule has 0 saturated heterocycles. The van der Waals surface area contributed by atoms with Crippen molar-refractivity contribution in [2.45, 2.75) is 0 Å². The van der Waals surface area contributed by atoms with Gasteiger partial charge in [-0.05, 0) is 63.7 Å². The second-order valence-electron chi connectivity index (χ2n) is 11.2. The van der Waals surface area contributed by atoms with E-state index in [0.29, 0.717) is 17.5 Å². The van der Waals surface area contributed by atoms with Gasteiger partial charge in [0.15, 0.2) is 17.5 Å². The lowest BCUT2D eigenvalue weighted by atomic mass is 9.96. The van der Waals surface area contributed by atoms with Gasteiger partial charge in [-0.2, -0.15) is 0 Å². The van der Waals surface area contributed by atoms with E-state index in [1.165, 1.54) is 10.8 Å². The second-order valence-corrected chi connectivity index (χ2v) is 11.2. The molecule has 0 N–H and O–H groups in total. The van der Waals surface area contributed by atoms with Crippen LogP contribution >= 0.6 is 0 Å². The first kappa shape index (κ1) is 25.3. The van der Waals surface area contributed by atoms with Crippen LogP contribution < -0.4 is 0 Å². The monoisotopic (exact) mass is 576 g/mol. The van der Waals surface area contributed by atoms with E-state index in [9.17, 15) is 0 Å². The molecule has 5 nitrogen and oxygen atoms in total. The average molecular weight is 577 g/mol. The third-order valence-electron chi connectivity index (χ3n) is 8.35. The van der Waals surface area contributed by atoms with Crippen LogP contribution in [0, 0.1) is 0 Å². The molecular weight excluding hydrogens is 552 g/mol. The minimum absolute atomic E-state index is 0.587. The van der Waals surface area contributed by atoms with Crippen LogP contribution in [-0.2, 0) is 0 Å². The standard InChI is InChI=1S/C40H24N4O/c1-3-10-26(11-4-1)38-42-39(27-12-5-2-6-13-27)44-40(43-38)34-20-31(29-16-15-25-9-7-8-14-28(25)19-29)23-36-37(34)33-21-32-24-41-18-17-30(32)22-35(33)45-36/h1-24H. The zero-order chi connectivity index (χ0) is 29.7. The topological polar surface area (TPSA) is 64.7 Å². The van der Waals surface area contributed by atoms with Crippen LogP contribution in [0.3, 0.4) is 0 Å². The number of furan rings is 1. The molecule has 3 heterocycles.